The SMILES string of the molecule is COc1ccc(-n2ccc(CNC(=O)Cc3sc(C)nc3-c3ccc(C)cc3)n2)cc1. The molecule has 4 rings (SSSR count). The maximum Gasteiger partial charge on any atom is 0.225 e. The van der Waals surface area contributed by atoms with Gasteiger partial charge in [-0.05, 0) is 44.2 Å². The van der Waals surface area contributed by atoms with Crippen LogP contribution < -0.4 is 10.1 Å². The molecule has 1 N–H and O–H groups in total. The molecule has 2 aromatic heterocycles. The highest BCUT2D eigenvalue weighted by atomic mass is 32.1. The van der Waals surface area contributed by atoms with Crippen LogP contribution in [0.2, 0.25) is 0 Å². The molecule has 0 saturated heterocycles. The van der Waals surface area contributed by atoms with E-state index in [1.54, 1.807) is 23.1 Å². The molecule has 0 radical (unpaired) electrons. The molecule has 0 aliphatic heterocycles. The van der Waals surface area contributed by atoms with Crippen molar-refractivity contribution in [3.8, 4) is 22.7 Å². The van der Waals surface area contributed by atoms with Crippen LogP contribution in [0.1, 0.15) is 21.1 Å². The summed E-state index contributed by atoms with van der Waals surface area (Å²) in [5, 5.41) is 8.47. The van der Waals surface area contributed by atoms with Crippen LogP contribution in [0.4, 0.5) is 0 Å². The fourth-order valence-corrected chi connectivity index (χ4v) is 4.22. The van der Waals surface area contributed by atoms with E-state index in [4.69, 9.17) is 4.74 Å². The van der Waals surface area contributed by atoms with Crippen LogP contribution in [0.5, 0.6) is 5.75 Å². The summed E-state index contributed by atoms with van der Waals surface area (Å²) in [6.07, 6.45) is 2.18. The average molecular weight is 433 g/mol. The van der Waals surface area contributed by atoms with Gasteiger partial charge in [0.15, 0.2) is 0 Å². The van der Waals surface area contributed by atoms with E-state index in [-0.39, 0.29) is 5.91 Å². The number of benzene rings is 2. The number of rotatable bonds is 7. The minimum Gasteiger partial charge on any atom is -0.497 e. The number of nitrogens with zero attached hydrogens (tertiary/aromatic N) is 3. The molecular weight excluding hydrogens is 408 g/mol. The van der Waals surface area contributed by atoms with Crippen molar-refractivity contribution in [2.75, 3.05) is 7.11 Å². The normalized spacial score (nSPS) is 10.8. The Morgan fingerprint density at radius 3 is 2.52 bits per heavy atom. The zero-order valence-corrected chi connectivity index (χ0v) is 18.6. The summed E-state index contributed by atoms with van der Waals surface area (Å²) in [5.74, 6) is 0.753. The molecule has 7 heteroatoms. The molecule has 2 aromatic carbocycles. The monoisotopic (exact) mass is 432 g/mol. The van der Waals surface area contributed by atoms with Crippen molar-refractivity contribution in [3.05, 3.63) is 81.9 Å². The van der Waals surface area contributed by atoms with Crippen molar-refractivity contribution in [1.29, 1.82) is 0 Å². The molecule has 1 amide bonds. The molecule has 31 heavy (non-hydrogen) atoms. The molecule has 4 aromatic rings. The summed E-state index contributed by atoms with van der Waals surface area (Å²) in [5.41, 5.74) is 4.85. The Balaban J connectivity index is 1.39. The lowest BCUT2D eigenvalue weighted by Crippen LogP contribution is -2.24. The molecule has 0 aliphatic rings. The predicted molar refractivity (Wildman–Crippen MR) is 123 cm³/mol. The lowest BCUT2D eigenvalue weighted by molar-refractivity contribution is -0.120. The van der Waals surface area contributed by atoms with E-state index >= 15 is 0 Å². The number of hydrogen-bond acceptors (Lipinski definition) is 5. The Kier molecular flexibility index (Phi) is 6.13. The van der Waals surface area contributed by atoms with Crippen LogP contribution in [0.25, 0.3) is 16.9 Å². The van der Waals surface area contributed by atoms with Crippen molar-refractivity contribution in [2.24, 2.45) is 0 Å². The molecule has 6 nitrogen and oxygen atoms in total. The molecule has 158 valence electrons. The van der Waals surface area contributed by atoms with Crippen LogP contribution in [0, 0.1) is 13.8 Å². The van der Waals surface area contributed by atoms with Crippen molar-refractivity contribution in [3.63, 3.8) is 0 Å². The quantitative estimate of drug-likeness (QED) is 0.468. The third-order valence-corrected chi connectivity index (χ3v) is 5.87. The highest BCUT2D eigenvalue weighted by molar-refractivity contribution is 7.12. The van der Waals surface area contributed by atoms with Crippen LogP contribution in [-0.2, 0) is 17.8 Å². The van der Waals surface area contributed by atoms with Gasteiger partial charge in [0.25, 0.3) is 0 Å². The predicted octanol–water partition coefficient (Wildman–Crippen LogP) is 4.48. The molecular formula is C24H24N4O2S. The highest BCUT2D eigenvalue weighted by Gasteiger charge is 2.15. The second-order valence-corrected chi connectivity index (χ2v) is 8.56. The molecule has 0 unspecified atom stereocenters. The zero-order valence-electron chi connectivity index (χ0n) is 17.8. The topological polar surface area (TPSA) is 69.0 Å². The highest BCUT2D eigenvalue weighted by Crippen LogP contribution is 2.28. The summed E-state index contributed by atoms with van der Waals surface area (Å²) in [7, 11) is 1.64. The Labute approximate surface area is 185 Å². The van der Waals surface area contributed by atoms with Crippen molar-refractivity contribution < 1.29 is 9.53 Å². The molecule has 0 spiro atoms. The number of ether oxygens (including phenoxy) is 1. The first-order chi connectivity index (χ1) is 15.0. The molecule has 0 saturated carbocycles. The van der Waals surface area contributed by atoms with E-state index in [1.807, 2.05) is 43.5 Å². The molecule has 0 fully saturated rings. The molecule has 0 aliphatic carbocycles. The second-order valence-electron chi connectivity index (χ2n) is 7.27. The summed E-state index contributed by atoms with van der Waals surface area (Å²) in [6.45, 7) is 4.40. The van der Waals surface area contributed by atoms with E-state index in [1.165, 1.54) is 5.56 Å². The minimum absolute atomic E-state index is 0.0454. The van der Waals surface area contributed by atoms with Gasteiger partial charge in [-0.2, -0.15) is 5.10 Å². The number of amides is 1. The number of nitrogens with one attached hydrogen (secondary N) is 1. The maximum atomic E-state index is 12.6. The van der Waals surface area contributed by atoms with E-state index in [9.17, 15) is 4.79 Å². The Morgan fingerprint density at radius 1 is 1.06 bits per heavy atom. The number of aromatic nitrogens is 3. The lowest BCUT2D eigenvalue weighted by atomic mass is 10.1. The smallest absolute Gasteiger partial charge is 0.225 e. The van der Waals surface area contributed by atoms with Gasteiger partial charge in [0.05, 0.1) is 42.2 Å². The van der Waals surface area contributed by atoms with Crippen LogP contribution >= 0.6 is 11.3 Å². The number of carbonyl (C=O) groups excluding carboxylic acids is 1. The van der Waals surface area contributed by atoms with Gasteiger partial charge in [-0.3, -0.25) is 4.79 Å². The summed E-state index contributed by atoms with van der Waals surface area (Å²) in [6, 6.07) is 17.8. The molecule has 2 heterocycles. The Bertz CT molecular complexity index is 1180. The third-order valence-electron chi connectivity index (χ3n) is 4.90. The van der Waals surface area contributed by atoms with Gasteiger partial charge < -0.3 is 10.1 Å². The largest absolute Gasteiger partial charge is 0.497 e. The zero-order chi connectivity index (χ0) is 21.8. The first kappa shape index (κ1) is 20.8. The van der Waals surface area contributed by atoms with E-state index in [2.05, 4.69) is 46.6 Å². The number of carbonyl (C=O) groups is 1. The standard InChI is InChI=1S/C24H24N4O2S/c1-16-4-6-18(7-5-16)24-22(31-17(2)26-24)14-23(29)25-15-19-12-13-28(27-19)20-8-10-21(30-3)11-9-20/h4-13H,14-15H2,1-3H3,(H,25,29). The van der Waals surface area contributed by atoms with Gasteiger partial charge in [0.2, 0.25) is 5.91 Å². The van der Waals surface area contributed by atoms with Gasteiger partial charge >= 0.3 is 0 Å². The van der Waals surface area contributed by atoms with Gasteiger partial charge in [-0.1, -0.05) is 29.8 Å². The fraction of sp³-hybridized carbons (Fsp3) is 0.208. The Morgan fingerprint density at radius 2 is 1.81 bits per heavy atom. The number of thiazole rings is 1. The fourth-order valence-electron chi connectivity index (χ4n) is 3.26. The lowest BCUT2D eigenvalue weighted by Gasteiger charge is -2.05. The van der Waals surface area contributed by atoms with Crippen LogP contribution in [-0.4, -0.2) is 27.8 Å². The maximum absolute atomic E-state index is 12.6. The summed E-state index contributed by atoms with van der Waals surface area (Å²) < 4.78 is 6.97. The van der Waals surface area contributed by atoms with Crippen LogP contribution in [0.3, 0.4) is 0 Å². The average Bonchev–Trinajstić information content (AvgIpc) is 3.39. The van der Waals surface area contributed by atoms with Crippen molar-refractivity contribution in [2.45, 2.75) is 26.8 Å². The van der Waals surface area contributed by atoms with Gasteiger partial charge in [0, 0.05) is 16.6 Å². The Hall–Kier alpha value is -3.45. The third kappa shape index (κ3) is 5.00. The first-order valence-electron chi connectivity index (χ1n) is 10.0. The van der Waals surface area contributed by atoms with Crippen molar-refractivity contribution in [1.82, 2.24) is 20.1 Å². The number of methoxy groups -OCH3 is 1. The minimum atomic E-state index is -0.0454. The van der Waals surface area contributed by atoms with Crippen molar-refractivity contribution >= 4 is 17.2 Å². The summed E-state index contributed by atoms with van der Waals surface area (Å²) in [4.78, 5) is 18.2. The van der Waals surface area contributed by atoms with Gasteiger partial charge in [-0.25, -0.2) is 9.67 Å². The second kappa shape index (κ2) is 9.14. The van der Waals surface area contributed by atoms with E-state index in [0.29, 0.717) is 13.0 Å². The van der Waals surface area contributed by atoms with E-state index in [0.717, 1.165) is 38.3 Å². The first-order valence-corrected chi connectivity index (χ1v) is 10.8. The van der Waals surface area contributed by atoms with Gasteiger partial charge in [0.1, 0.15) is 5.75 Å². The number of aryl methyl sites for hydroxylation is 2. The van der Waals surface area contributed by atoms with Crippen LogP contribution in [0.15, 0.2) is 60.8 Å². The summed E-state index contributed by atoms with van der Waals surface area (Å²) >= 11 is 1.57. The van der Waals surface area contributed by atoms with E-state index < -0.39 is 0 Å². The molecule has 0 bridgehead atoms. The molecule has 0 atom stereocenters. The van der Waals surface area contributed by atoms with Gasteiger partial charge in [-0.15, -0.1) is 11.3 Å². The number of hydrogen-bond donors (Lipinski definition) is 1.